The molecule has 0 spiro atoms. The van der Waals surface area contributed by atoms with Crippen LogP contribution in [0, 0.1) is 0 Å². The maximum Gasteiger partial charge on any atom is 0.236 e. The molecular formula is C19H17Cl2N3O3S. The largest absolute Gasteiger partial charge is 0.490 e. The number of carbonyl (C=O) groups excluding carboxylic acids is 1. The van der Waals surface area contributed by atoms with Crippen molar-refractivity contribution in [2.75, 3.05) is 12.4 Å². The van der Waals surface area contributed by atoms with Crippen molar-refractivity contribution in [1.82, 2.24) is 5.32 Å². The number of amides is 1. The molecule has 1 aliphatic heterocycles. The average molecular weight is 438 g/mol. The second-order valence-corrected chi connectivity index (χ2v) is 7.41. The van der Waals surface area contributed by atoms with Crippen molar-refractivity contribution < 1.29 is 14.3 Å². The van der Waals surface area contributed by atoms with Gasteiger partial charge >= 0.3 is 0 Å². The zero-order valence-corrected chi connectivity index (χ0v) is 17.3. The molecule has 6 nitrogen and oxygen atoms in total. The topological polar surface area (TPSA) is 72.3 Å². The van der Waals surface area contributed by atoms with Crippen molar-refractivity contribution in [3.63, 3.8) is 0 Å². The lowest BCUT2D eigenvalue weighted by Crippen LogP contribution is -2.19. The Bertz CT molecular complexity index is 935. The van der Waals surface area contributed by atoms with E-state index in [0.29, 0.717) is 44.6 Å². The van der Waals surface area contributed by atoms with Gasteiger partial charge in [0.05, 0.1) is 23.6 Å². The summed E-state index contributed by atoms with van der Waals surface area (Å²) in [5.74, 6) is 1.21. The first-order valence-corrected chi connectivity index (χ1v) is 10.2. The molecule has 0 aliphatic carbocycles. The molecule has 1 N–H and O–H groups in total. The Morgan fingerprint density at radius 1 is 1.21 bits per heavy atom. The molecule has 1 saturated heterocycles. The van der Waals surface area contributed by atoms with Crippen molar-refractivity contribution in [3.05, 3.63) is 57.6 Å². The Hall–Kier alpha value is -2.22. The Labute approximate surface area is 176 Å². The smallest absolute Gasteiger partial charge is 0.236 e. The van der Waals surface area contributed by atoms with Gasteiger partial charge in [-0.1, -0.05) is 53.2 Å². The fourth-order valence-electron chi connectivity index (χ4n) is 2.36. The first kappa shape index (κ1) is 20.5. The molecular weight excluding hydrogens is 421 g/mol. The first-order chi connectivity index (χ1) is 13.6. The fraction of sp³-hybridized carbons (Fsp3) is 0.211. The third-order valence-electron chi connectivity index (χ3n) is 3.60. The number of amidine groups is 1. The van der Waals surface area contributed by atoms with Crippen LogP contribution in [-0.4, -0.2) is 29.6 Å². The van der Waals surface area contributed by atoms with E-state index in [4.69, 9.17) is 32.7 Å². The highest BCUT2D eigenvalue weighted by Crippen LogP contribution is 2.37. The summed E-state index contributed by atoms with van der Waals surface area (Å²) < 4.78 is 11.5. The van der Waals surface area contributed by atoms with E-state index in [1.807, 2.05) is 25.1 Å². The molecule has 1 aliphatic rings. The van der Waals surface area contributed by atoms with Gasteiger partial charge in [-0.25, -0.2) is 0 Å². The van der Waals surface area contributed by atoms with Crippen LogP contribution in [0.15, 0.2) is 46.6 Å². The van der Waals surface area contributed by atoms with Gasteiger partial charge in [-0.2, -0.15) is 5.10 Å². The van der Waals surface area contributed by atoms with Crippen LogP contribution in [0.1, 0.15) is 18.1 Å². The number of thioether (sulfide) groups is 1. The molecule has 2 aromatic rings. The van der Waals surface area contributed by atoms with Crippen molar-refractivity contribution >= 4 is 52.3 Å². The third-order valence-corrected chi connectivity index (χ3v) is 5.12. The SMILES string of the molecule is CCOc1cc(C=NN=C2NC(=O)CS2)cc(Cl)c1OCc1ccccc1Cl. The standard InChI is InChI=1S/C19H17Cl2N3O3S/c1-2-26-16-8-12(9-22-24-19-23-17(25)11-28-19)7-15(21)18(16)27-10-13-5-3-4-6-14(13)20/h3-9H,2,10-11H2,1H3,(H,23,24,25). The molecule has 0 bridgehead atoms. The summed E-state index contributed by atoms with van der Waals surface area (Å²) in [6, 6.07) is 10.9. The number of ether oxygens (including phenoxy) is 2. The number of halogens is 2. The van der Waals surface area contributed by atoms with Gasteiger partial charge in [0.25, 0.3) is 0 Å². The van der Waals surface area contributed by atoms with Crippen LogP contribution in [0.3, 0.4) is 0 Å². The van der Waals surface area contributed by atoms with Crippen LogP contribution in [0.2, 0.25) is 10.0 Å². The van der Waals surface area contributed by atoms with E-state index >= 15 is 0 Å². The summed E-state index contributed by atoms with van der Waals surface area (Å²) in [5, 5.41) is 12.0. The maximum absolute atomic E-state index is 11.1. The van der Waals surface area contributed by atoms with Crippen molar-refractivity contribution in [1.29, 1.82) is 0 Å². The van der Waals surface area contributed by atoms with Crippen LogP contribution in [-0.2, 0) is 11.4 Å². The second kappa shape index (κ2) is 9.82. The predicted octanol–water partition coefficient (Wildman–Crippen LogP) is 4.52. The van der Waals surface area contributed by atoms with Gasteiger partial charge < -0.3 is 14.8 Å². The Balaban J connectivity index is 1.77. The minimum Gasteiger partial charge on any atom is -0.490 e. The number of hydrogen-bond acceptors (Lipinski definition) is 6. The summed E-state index contributed by atoms with van der Waals surface area (Å²) in [7, 11) is 0. The van der Waals surface area contributed by atoms with Crippen molar-refractivity contribution in [2.24, 2.45) is 10.2 Å². The van der Waals surface area contributed by atoms with Crippen LogP contribution in [0.4, 0.5) is 0 Å². The molecule has 0 radical (unpaired) electrons. The summed E-state index contributed by atoms with van der Waals surface area (Å²) in [4.78, 5) is 11.1. The monoisotopic (exact) mass is 437 g/mol. The molecule has 2 aromatic carbocycles. The van der Waals surface area contributed by atoms with Gasteiger partial charge in [0.2, 0.25) is 5.91 Å². The third kappa shape index (κ3) is 5.41. The molecule has 9 heteroatoms. The lowest BCUT2D eigenvalue weighted by molar-refractivity contribution is -0.116. The van der Waals surface area contributed by atoms with E-state index in [9.17, 15) is 4.79 Å². The van der Waals surface area contributed by atoms with Gasteiger partial charge in [-0.05, 0) is 25.1 Å². The number of hydrogen-bond donors (Lipinski definition) is 1. The lowest BCUT2D eigenvalue weighted by atomic mass is 10.2. The molecule has 0 aromatic heterocycles. The Morgan fingerprint density at radius 2 is 2.04 bits per heavy atom. The highest BCUT2D eigenvalue weighted by Gasteiger charge is 2.16. The van der Waals surface area contributed by atoms with Gasteiger partial charge in [-0.3, -0.25) is 4.79 Å². The zero-order valence-electron chi connectivity index (χ0n) is 14.9. The maximum atomic E-state index is 11.1. The molecule has 146 valence electrons. The molecule has 0 atom stereocenters. The normalized spacial score (nSPS) is 15.2. The first-order valence-electron chi connectivity index (χ1n) is 8.43. The summed E-state index contributed by atoms with van der Waals surface area (Å²) >= 11 is 13.9. The molecule has 1 fully saturated rings. The average Bonchev–Trinajstić information content (AvgIpc) is 3.08. The van der Waals surface area contributed by atoms with E-state index in [1.165, 1.54) is 18.0 Å². The van der Waals surface area contributed by atoms with Crippen molar-refractivity contribution in [3.8, 4) is 11.5 Å². The van der Waals surface area contributed by atoms with E-state index in [1.54, 1.807) is 18.2 Å². The van der Waals surface area contributed by atoms with E-state index in [0.717, 1.165) is 5.56 Å². The highest BCUT2D eigenvalue weighted by molar-refractivity contribution is 8.15. The zero-order chi connectivity index (χ0) is 19.9. The Kier molecular flexibility index (Phi) is 7.19. The summed E-state index contributed by atoms with van der Waals surface area (Å²) in [5.41, 5.74) is 1.54. The lowest BCUT2D eigenvalue weighted by Gasteiger charge is -2.15. The van der Waals surface area contributed by atoms with Crippen LogP contribution >= 0.6 is 35.0 Å². The van der Waals surface area contributed by atoms with E-state index in [-0.39, 0.29) is 12.5 Å². The predicted molar refractivity (Wildman–Crippen MR) is 114 cm³/mol. The second-order valence-electron chi connectivity index (χ2n) is 5.63. The quantitative estimate of drug-likeness (QED) is 0.510. The van der Waals surface area contributed by atoms with Gasteiger partial charge in [-0.15, -0.1) is 5.10 Å². The van der Waals surface area contributed by atoms with E-state index < -0.39 is 0 Å². The molecule has 0 saturated carbocycles. The summed E-state index contributed by atoms with van der Waals surface area (Å²) in [6.45, 7) is 2.58. The molecule has 1 amide bonds. The molecule has 1 heterocycles. The summed E-state index contributed by atoms with van der Waals surface area (Å²) in [6.07, 6.45) is 1.53. The van der Waals surface area contributed by atoms with Gasteiger partial charge in [0, 0.05) is 16.1 Å². The Morgan fingerprint density at radius 3 is 2.75 bits per heavy atom. The minimum atomic E-state index is -0.0827. The minimum absolute atomic E-state index is 0.0827. The number of carbonyl (C=O) groups is 1. The molecule has 3 rings (SSSR count). The molecule has 28 heavy (non-hydrogen) atoms. The highest BCUT2D eigenvalue weighted by atomic mass is 35.5. The fourth-order valence-corrected chi connectivity index (χ4v) is 3.45. The number of rotatable bonds is 7. The van der Waals surface area contributed by atoms with Crippen molar-refractivity contribution in [2.45, 2.75) is 13.5 Å². The van der Waals surface area contributed by atoms with Crippen LogP contribution in [0.5, 0.6) is 11.5 Å². The van der Waals surface area contributed by atoms with Gasteiger partial charge in [0.15, 0.2) is 16.7 Å². The van der Waals surface area contributed by atoms with Crippen LogP contribution in [0.25, 0.3) is 0 Å². The van der Waals surface area contributed by atoms with Gasteiger partial charge in [0.1, 0.15) is 6.61 Å². The molecule has 0 unspecified atom stereocenters. The number of nitrogens with zero attached hydrogens (tertiary/aromatic N) is 2. The number of nitrogens with one attached hydrogen (secondary N) is 1. The van der Waals surface area contributed by atoms with E-state index in [2.05, 4.69) is 15.5 Å². The number of benzene rings is 2. The van der Waals surface area contributed by atoms with Crippen LogP contribution < -0.4 is 14.8 Å².